The van der Waals surface area contributed by atoms with Gasteiger partial charge in [0.25, 0.3) is 0 Å². The summed E-state index contributed by atoms with van der Waals surface area (Å²) in [5, 5.41) is 6.23. The van der Waals surface area contributed by atoms with Gasteiger partial charge < -0.3 is 20.4 Å². The van der Waals surface area contributed by atoms with Crippen LogP contribution in [0.15, 0.2) is 48.5 Å². The highest BCUT2D eigenvalue weighted by Gasteiger charge is 2.41. The van der Waals surface area contributed by atoms with Crippen LogP contribution in [0.25, 0.3) is 0 Å². The molecule has 0 bridgehead atoms. The van der Waals surface area contributed by atoms with Crippen LogP contribution in [0.3, 0.4) is 0 Å². The number of carbonyl (C=O) groups excluding carboxylic acids is 2. The molecule has 2 aliphatic rings. The molecule has 0 spiro atoms. The van der Waals surface area contributed by atoms with Gasteiger partial charge in [-0.05, 0) is 54.8 Å². The minimum Gasteiger partial charge on any atom is -0.372 e. The number of benzene rings is 2. The van der Waals surface area contributed by atoms with Crippen LogP contribution in [0.5, 0.6) is 0 Å². The topological polar surface area (TPSA) is 64.7 Å². The van der Waals surface area contributed by atoms with Crippen LogP contribution in [0.2, 0.25) is 0 Å². The lowest BCUT2D eigenvalue weighted by atomic mass is 9.96. The largest absolute Gasteiger partial charge is 0.391 e. The SMILES string of the molecule is CC(=O)N1CC(C(=O)NCc2ccc(Nc3ccc(N4CCC(C(F)(F)F)CC4)cc3)cc2)C1. The molecule has 0 atom stereocenters. The van der Waals surface area contributed by atoms with Gasteiger partial charge in [-0.3, -0.25) is 9.59 Å². The van der Waals surface area contributed by atoms with Gasteiger partial charge in [0.05, 0.1) is 11.8 Å². The van der Waals surface area contributed by atoms with Crippen molar-refractivity contribution in [2.75, 3.05) is 36.4 Å². The number of anilines is 3. The maximum atomic E-state index is 12.9. The molecule has 2 amide bonds. The first kappa shape index (κ1) is 23.9. The Kier molecular flexibility index (Phi) is 7.00. The summed E-state index contributed by atoms with van der Waals surface area (Å²) in [6.07, 6.45) is -3.84. The molecule has 182 valence electrons. The lowest BCUT2D eigenvalue weighted by Crippen LogP contribution is -2.55. The van der Waals surface area contributed by atoms with E-state index in [1.54, 1.807) is 4.90 Å². The molecular weight excluding hydrogens is 445 g/mol. The minimum atomic E-state index is -4.10. The van der Waals surface area contributed by atoms with Gasteiger partial charge >= 0.3 is 6.18 Å². The van der Waals surface area contributed by atoms with E-state index in [1.165, 1.54) is 6.92 Å². The third-order valence-electron chi connectivity index (χ3n) is 6.60. The summed E-state index contributed by atoms with van der Waals surface area (Å²) in [6.45, 7) is 3.70. The smallest absolute Gasteiger partial charge is 0.372 e. The maximum absolute atomic E-state index is 12.9. The van der Waals surface area contributed by atoms with Crippen LogP contribution in [0, 0.1) is 11.8 Å². The Labute approximate surface area is 197 Å². The summed E-state index contributed by atoms with van der Waals surface area (Å²) in [6, 6.07) is 15.4. The number of nitrogens with one attached hydrogen (secondary N) is 2. The monoisotopic (exact) mass is 474 g/mol. The van der Waals surface area contributed by atoms with Crippen molar-refractivity contribution in [3.05, 3.63) is 54.1 Å². The molecule has 2 heterocycles. The standard InChI is InChI=1S/C25H29F3N4O2/c1-17(33)32-15-19(16-32)24(34)29-14-18-2-4-21(5-3-18)30-22-6-8-23(9-7-22)31-12-10-20(11-13-31)25(26,27)28/h2-9,19-20,30H,10-16H2,1H3,(H,29,34). The van der Waals surface area contributed by atoms with Crippen LogP contribution in [-0.4, -0.2) is 49.1 Å². The normalized spacial score (nSPS) is 17.3. The quantitative estimate of drug-likeness (QED) is 0.655. The van der Waals surface area contributed by atoms with E-state index in [0.29, 0.717) is 32.7 Å². The fraction of sp³-hybridized carbons (Fsp3) is 0.440. The number of carbonyl (C=O) groups is 2. The molecule has 34 heavy (non-hydrogen) atoms. The highest BCUT2D eigenvalue weighted by Crippen LogP contribution is 2.35. The fourth-order valence-corrected chi connectivity index (χ4v) is 4.33. The Morgan fingerprint density at radius 1 is 0.941 bits per heavy atom. The maximum Gasteiger partial charge on any atom is 0.391 e. The Balaban J connectivity index is 1.23. The Morgan fingerprint density at radius 3 is 2.03 bits per heavy atom. The van der Waals surface area contributed by atoms with E-state index in [1.807, 2.05) is 53.4 Å². The molecular formula is C25H29F3N4O2. The third-order valence-corrected chi connectivity index (χ3v) is 6.60. The molecule has 2 aliphatic heterocycles. The molecule has 0 radical (unpaired) electrons. The zero-order valence-corrected chi connectivity index (χ0v) is 19.1. The lowest BCUT2D eigenvalue weighted by Gasteiger charge is -2.37. The molecule has 0 aliphatic carbocycles. The number of amides is 2. The van der Waals surface area contributed by atoms with Crippen molar-refractivity contribution >= 4 is 28.9 Å². The van der Waals surface area contributed by atoms with Crippen molar-refractivity contribution in [3.8, 4) is 0 Å². The summed E-state index contributed by atoms with van der Waals surface area (Å²) in [5.41, 5.74) is 3.68. The summed E-state index contributed by atoms with van der Waals surface area (Å²) in [4.78, 5) is 27.0. The molecule has 2 N–H and O–H groups in total. The molecule has 9 heteroatoms. The van der Waals surface area contributed by atoms with Gasteiger partial charge in [-0.2, -0.15) is 13.2 Å². The number of halogens is 3. The minimum absolute atomic E-state index is 0.00709. The van der Waals surface area contributed by atoms with Crippen molar-refractivity contribution in [1.82, 2.24) is 10.2 Å². The van der Waals surface area contributed by atoms with Crippen LogP contribution >= 0.6 is 0 Å². The highest BCUT2D eigenvalue weighted by atomic mass is 19.4. The van der Waals surface area contributed by atoms with Gasteiger partial charge in [0.2, 0.25) is 11.8 Å². The predicted molar refractivity (Wildman–Crippen MR) is 125 cm³/mol. The number of hydrogen-bond acceptors (Lipinski definition) is 4. The summed E-state index contributed by atoms with van der Waals surface area (Å²) >= 11 is 0. The van der Waals surface area contributed by atoms with E-state index in [9.17, 15) is 22.8 Å². The van der Waals surface area contributed by atoms with Crippen LogP contribution in [0.1, 0.15) is 25.3 Å². The number of alkyl halides is 3. The molecule has 6 nitrogen and oxygen atoms in total. The first-order chi connectivity index (χ1) is 16.2. The Hall–Kier alpha value is -3.23. The van der Waals surface area contributed by atoms with Crippen LogP contribution in [0.4, 0.5) is 30.2 Å². The zero-order chi connectivity index (χ0) is 24.3. The van der Waals surface area contributed by atoms with E-state index in [0.717, 1.165) is 22.6 Å². The number of rotatable bonds is 6. The van der Waals surface area contributed by atoms with Gasteiger partial charge in [0, 0.05) is 56.7 Å². The molecule has 2 aromatic rings. The molecule has 2 saturated heterocycles. The average molecular weight is 475 g/mol. The van der Waals surface area contributed by atoms with Crippen molar-refractivity contribution in [2.24, 2.45) is 11.8 Å². The summed E-state index contributed by atoms with van der Waals surface area (Å²) < 4.78 is 38.6. The second-order valence-corrected chi connectivity index (χ2v) is 9.01. The molecule has 0 saturated carbocycles. The van der Waals surface area contributed by atoms with E-state index in [2.05, 4.69) is 10.6 Å². The first-order valence-electron chi connectivity index (χ1n) is 11.5. The van der Waals surface area contributed by atoms with Gasteiger partial charge in [0.15, 0.2) is 0 Å². The number of nitrogens with zero attached hydrogens (tertiary/aromatic N) is 2. The van der Waals surface area contributed by atoms with E-state index < -0.39 is 12.1 Å². The van der Waals surface area contributed by atoms with Gasteiger partial charge in [-0.1, -0.05) is 12.1 Å². The van der Waals surface area contributed by atoms with Gasteiger partial charge in [-0.15, -0.1) is 0 Å². The summed E-state index contributed by atoms with van der Waals surface area (Å²) in [5.74, 6) is -1.38. The molecule has 4 rings (SSSR count). The Bertz CT molecular complexity index is 994. The fourth-order valence-electron chi connectivity index (χ4n) is 4.33. The van der Waals surface area contributed by atoms with Crippen LogP contribution < -0.4 is 15.5 Å². The predicted octanol–water partition coefficient (Wildman–Crippen LogP) is 4.30. The molecule has 0 unspecified atom stereocenters. The molecule has 2 fully saturated rings. The van der Waals surface area contributed by atoms with E-state index in [4.69, 9.17) is 0 Å². The van der Waals surface area contributed by atoms with Crippen molar-refractivity contribution in [3.63, 3.8) is 0 Å². The molecule has 2 aromatic carbocycles. The molecule has 0 aromatic heterocycles. The van der Waals surface area contributed by atoms with Gasteiger partial charge in [-0.25, -0.2) is 0 Å². The summed E-state index contributed by atoms with van der Waals surface area (Å²) in [7, 11) is 0. The third kappa shape index (κ3) is 5.81. The second kappa shape index (κ2) is 9.95. The van der Waals surface area contributed by atoms with Crippen molar-refractivity contribution in [1.29, 1.82) is 0 Å². The lowest BCUT2D eigenvalue weighted by molar-refractivity contribution is -0.179. The van der Waals surface area contributed by atoms with Crippen LogP contribution in [-0.2, 0) is 16.1 Å². The number of likely N-dealkylation sites (tertiary alicyclic amines) is 1. The van der Waals surface area contributed by atoms with Gasteiger partial charge in [0.1, 0.15) is 0 Å². The van der Waals surface area contributed by atoms with E-state index in [-0.39, 0.29) is 30.6 Å². The number of piperidine rings is 1. The van der Waals surface area contributed by atoms with E-state index >= 15 is 0 Å². The first-order valence-corrected chi connectivity index (χ1v) is 11.5. The zero-order valence-electron chi connectivity index (χ0n) is 19.1. The highest BCUT2D eigenvalue weighted by molar-refractivity contribution is 5.83. The Morgan fingerprint density at radius 2 is 1.50 bits per heavy atom. The average Bonchev–Trinajstić information content (AvgIpc) is 2.77. The second-order valence-electron chi connectivity index (χ2n) is 9.01. The van der Waals surface area contributed by atoms with Crippen molar-refractivity contribution in [2.45, 2.75) is 32.5 Å². The van der Waals surface area contributed by atoms with Crippen molar-refractivity contribution < 1.29 is 22.8 Å². The number of hydrogen-bond donors (Lipinski definition) is 2.